The number of hydrogen-bond acceptors (Lipinski definition) is 4. The predicted octanol–water partition coefficient (Wildman–Crippen LogP) is 4.05. The SMILES string of the molecule is CC(C)(C)CC(=O)N1C[C@@H]2C[C@H](C1)c1ccc(NS(=O)(=O)c3cccc(C(F)(F)F)c3)c(=O)n1C2. The van der Waals surface area contributed by atoms with Gasteiger partial charge in [-0.15, -0.1) is 0 Å². The van der Waals surface area contributed by atoms with Crippen LogP contribution in [0.2, 0.25) is 0 Å². The molecule has 2 aromatic rings. The van der Waals surface area contributed by atoms with Crippen LogP contribution in [0.3, 0.4) is 0 Å². The molecular weight excluding hydrogens is 483 g/mol. The number of benzene rings is 1. The van der Waals surface area contributed by atoms with Gasteiger partial charge in [0.1, 0.15) is 5.69 Å². The van der Waals surface area contributed by atoms with Crippen LogP contribution < -0.4 is 10.3 Å². The molecular formula is C24H28F3N3O4S. The largest absolute Gasteiger partial charge is 0.416 e. The second-order valence-corrected chi connectivity index (χ2v) is 12.2. The number of alkyl halides is 3. The Balaban J connectivity index is 1.59. The zero-order valence-corrected chi connectivity index (χ0v) is 20.5. The second-order valence-electron chi connectivity index (χ2n) is 10.6. The number of carbonyl (C=O) groups excluding carboxylic acids is 1. The Labute approximate surface area is 202 Å². The van der Waals surface area contributed by atoms with Crippen molar-refractivity contribution in [1.82, 2.24) is 9.47 Å². The molecule has 2 aliphatic rings. The van der Waals surface area contributed by atoms with Crippen molar-refractivity contribution in [2.75, 3.05) is 17.8 Å². The van der Waals surface area contributed by atoms with Crippen molar-refractivity contribution in [3.8, 4) is 0 Å². The van der Waals surface area contributed by atoms with Crippen LogP contribution in [0.25, 0.3) is 0 Å². The highest BCUT2D eigenvalue weighted by molar-refractivity contribution is 7.92. The number of amides is 1. The van der Waals surface area contributed by atoms with Gasteiger partial charge in [-0.25, -0.2) is 8.42 Å². The number of nitrogens with zero attached hydrogens (tertiary/aromatic N) is 2. The topological polar surface area (TPSA) is 88.5 Å². The summed E-state index contributed by atoms with van der Waals surface area (Å²) in [5.41, 5.74) is -1.29. The van der Waals surface area contributed by atoms with Crippen LogP contribution in [0, 0.1) is 11.3 Å². The molecule has 1 aromatic carbocycles. The number of rotatable bonds is 4. The van der Waals surface area contributed by atoms with Crippen molar-refractivity contribution in [2.45, 2.75) is 57.1 Å². The van der Waals surface area contributed by atoms with Gasteiger partial charge < -0.3 is 9.47 Å². The molecule has 190 valence electrons. The molecule has 1 saturated heterocycles. The lowest BCUT2D eigenvalue weighted by Crippen LogP contribution is -2.49. The fraction of sp³-hybridized carbons (Fsp3) is 0.500. The third-order valence-electron chi connectivity index (χ3n) is 6.35. The number of nitrogens with one attached hydrogen (secondary N) is 1. The van der Waals surface area contributed by atoms with Gasteiger partial charge in [-0.1, -0.05) is 26.8 Å². The fourth-order valence-corrected chi connectivity index (χ4v) is 5.94. The fourth-order valence-electron chi connectivity index (χ4n) is 4.84. The molecule has 1 N–H and O–H groups in total. The number of sulfonamides is 1. The number of fused-ring (bicyclic) bond motifs is 4. The van der Waals surface area contributed by atoms with Crippen LogP contribution in [0.4, 0.5) is 18.9 Å². The van der Waals surface area contributed by atoms with Crippen molar-refractivity contribution in [3.63, 3.8) is 0 Å². The third-order valence-corrected chi connectivity index (χ3v) is 7.72. The smallest absolute Gasteiger partial charge is 0.342 e. The molecule has 1 fully saturated rings. The van der Waals surface area contributed by atoms with E-state index in [4.69, 9.17) is 0 Å². The van der Waals surface area contributed by atoms with Crippen LogP contribution in [0.1, 0.15) is 50.8 Å². The average molecular weight is 512 g/mol. The highest BCUT2D eigenvalue weighted by atomic mass is 32.2. The van der Waals surface area contributed by atoms with E-state index in [9.17, 15) is 31.2 Å². The molecule has 0 saturated carbocycles. The molecule has 2 atom stereocenters. The summed E-state index contributed by atoms with van der Waals surface area (Å²) in [6.45, 7) is 7.37. The first kappa shape index (κ1) is 25.3. The van der Waals surface area contributed by atoms with Gasteiger partial charge in [-0.2, -0.15) is 13.2 Å². The molecule has 1 aromatic heterocycles. The lowest BCUT2D eigenvalue weighted by atomic mass is 9.82. The van der Waals surface area contributed by atoms with Crippen molar-refractivity contribution in [2.24, 2.45) is 11.3 Å². The normalized spacial score (nSPS) is 20.3. The van der Waals surface area contributed by atoms with E-state index in [0.29, 0.717) is 32.1 Å². The number of pyridine rings is 1. The van der Waals surface area contributed by atoms with E-state index in [-0.39, 0.29) is 28.8 Å². The molecule has 3 heterocycles. The lowest BCUT2D eigenvalue weighted by molar-refractivity contribution is -0.138. The van der Waals surface area contributed by atoms with Gasteiger partial charge in [-0.3, -0.25) is 14.3 Å². The summed E-state index contributed by atoms with van der Waals surface area (Å²) in [5.74, 6) is 0.0832. The summed E-state index contributed by atoms with van der Waals surface area (Å²) in [7, 11) is -4.42. The first-order valence-electron chi connectivity index (χ1n) is 11.4. The van der Waals surface area contributed by atoms with E-state index < -0.39 is 32.2 Å². The van der Waals surface area contributed by atoms with Crippen LogP contribution in [0.5, 0.6) is 0 Å². The van der Waals surface area contributed by atoms with Crippen molar-refractivity contribution in [1.29, 1.82) is 0 Å². The van der Waals surface area contributed by atoms with Gasteiger partial charge in [0.05, 0.1) is 10.5 Å². The summed E-state index contributed by atoms with van der Waals surface area (Å²) in [5, 5.41) is 0. The standard InChI is InChI=1S/C24H28F3N3O4S/c1-23(2,3)11-21(31)29-12-15-9-16(14-29)20-8-7-19(22(32)30(20)13-15)28-35(33,34)18-6-4-5-17(10-18)24(25,26)27/h4-8,10,15-16,28H,9,11-14H2,1-3H3/t15-,16+/m0/s1. The minimum Gasteiger partial charge on any atom is -0.342 e. The molecule has 0 unspecified atom stereocenters. The Morgan fingerprint density at radius 1 is 1.09 bits per heavy atom. The Hall–Kier alpha value is -2.82. The maximum atomic E-state index is 13.2. The predicted molar refractivity (Wildman–Crippen MR) is 124 cm³/mol. The Morgan fingerprint density at radius 2 is 1.80 bits per heavy atom. The molecule has 2 aliphatic heterocycles. The summed E-state index contributed by atoms with van der Waals surface area (Å²) in [6.07, 6.45) is -3.44. The molecule has 1 amide bonds. The lowest BCUT2D eigenvalue weighted by Gasteiger charge is -2.43. The number of likely N-dealkylation sites (tertiary alicyclic amines) is 1. The molecule has 2 bridgehead atoms. The summed E-state index contributed by atoms with van der Waals surface area (Å²) in [6, 6.07) is 6.36. The van der Waals surface area contributed by atoms with Crippen molar-refractivity contribution in [3.05, 3.63) is 58.0 Å². The highest BCUT2D eigenvalue weighted by Crippen LogP contribution is 2.36. The van der Waals surface area contributed by atoms with Gasteiger partial charge in [0.15, 0.2) is 0 Å². The first-order valence-corrected chi connectivity index (χ1v) is 12.8. The van der Waals surface area contributed by atoms with Gasteiger partial charge in [0.2, 0.25) is 5.91 Å². The molecule has 7 nitrogen and oxygen atoms in total. The van der Waals surface area contributed by atoms with Gasteiger partial charge in [0.25, 0.3) is 15.6 Å². The molecule has 35 heavy (non-hydrogen) atoms. The number of halogens is 3. The van der Waals surface area contributed by atoms with E-state index in [1.165, 1.54) is 10.6 Å². The number of piperidine rings is 1. The minimum atomic E-state index is -4.70. The molecule has 4 rings (SSSR count). The van der Waals surface area contributed by atoms with Gasteiger partial charge in [0, 0.05) is 37.7 Å². The second kappa shape index (κ2) is 8.69. The Morgan fingerprint density at radius 3 is 2.46 bits per heavy atom. The highest BCUT2D eigenvalue weighted by Gasteiger charge is 2.37. The number of anilines is 1. The molecule has 0 aliphatic carbocycles. The van der Waals surface area contributed by atoms with Crippen LogP contribution in [0.15, 0.2) is 46.1 Å². The number of aromatic nitrogens is 1. The quantitative estimate of drug-likeness (QED) is 0.671. The maximum absolute atomic E-state index is 13.2. The van der Waals surface area contributed by atoms with Crippen LogP contribution in [-0.2, 0) is 27.5 Å². The van der Waals surface area contributed by atoms with E-state index in [1.54, 1.807) is 6.07 Å². The number of carbonyl (C=O) groups is 1. The van der Waals surface area contributed by atoms with Gasteiger partial charge in [-0.05, 0) is 48.1 Å². The van der Waals surface area contributed by atoms with Crippen molar-refractivity contribution < 1.29 is 26.4 Å². The Bertz CT molecular complexity index is 1310. The van der Waals surface area contributed by atoms with Crippen LogP contribution >= 0.6 is 0 Å². The minimum absolute atomic E-state index is 0.0479. The summed E-state index contributed by atoms with van der Waals surface area (Å²) < 4.78 is 68.2. The Kier molecular flexibility index (Phi) is 6.27. The van der Waals surface area contributed by atoms with E-state index in [2.05, 4.69) is 4.72 Å². The molecule has 0 radical (unpaired) electrons. The monoisotopic (exact) mass is 511 g/mol. The zero-order valence-electron chi connectivity index (χ0n) is 19.7. The first-order chi connectivity index (χ1) is 16.1. The molecule has 11 heteroatoms. The third kappa shape index (κ3) is 5.39. The summed E-state index contributed by atoms with van der Waals surface area (Å²) >= 11 is 0. The van der Waals surface area contributed by atoms with E-state index in [0.717, 1.165) is 30.3 Å². The van der Waals surface area contributed by atoms with Crippen LogP contribution in [-0.4, -0.2) is 36.9 Å². The van der Waals surface area contributed by atoms with Crippen molar-refractivity contribution >= 4 is 21.6 Å². The zero-order chi connectivity index (χ0) is 25.8. The van der Waals surface area contributed by atoms with E-state index >= 15 is 0 Å². The average Bonchev–Trinajstić information content (AvgIpc) is 2.74. The summed E-state index contributed by atoms with van der Waals surface area (Å²) in [4.78, 5) is 27.2. The van der Waals surface area contributed by atoms with E-state index in [1.807, 2.05) is 25.7 Å². The maximum Gasteiger partial charge on any atom is 0.416 e. The number of hydrogen-bond donors (Lipinski definition) is 1. The molecule has 0 spiro atoms. The van der Waals surface area contributed by atoms with Gasteiger partial charge >= 0.3 is 6.18 Å².